The van der Waals surface area contributed by atoms with E-state index >= 15 is 0 Å². The Bertz CT molecular complexity index is 390. The van der Waals surface area contributed by atoms with E-state index in [-0.39, 0.29) is 23.8 Å². The van der Waals surface area contributed by atoms with E-state index < -0.39 is 0 Å². The van der Waals surface area contributed by atoms with E-state index in [1.807, 2.05) is 0 Å². The van der Waals surface area contributed by atoms with Crippen molar-refractivity contribution >= 4 is 17.9 Å². The number of carbonyl (C=O) groups is 2. The molecule has 0 aliphatic carbocycles. The molecule has 1 unspecified atom stereocenters. The lowest BCUT2D eigenvalue weighted by Gasteiger charge is -2.33. The molecule has 1 fully saturated rings. The van der Waals surface area contributed by atoms with E-state index in [4.69, 9.17) is 9.47 Å². The fraction of sp³-hybridized carbons (Fsp3) is 0.786. The van der Waals surface area contributed by atoms with Crippen molar-refractivity contribution in [2.75, 3.05) is 40.9 Å². The highest BCUT2D eigenvalue weighted by Gasteiger charge is 2.27. The van der Waals surface area contributed by atoms with Gasteiger partial charge in [0.2, 0.25) is 0 Å². The van der Waals surface area contributed by atoms with Gasteiger partial charge in [0.1, 0.15) is 0 Å². The molecule has 0 bridgehead atoms. The molecule has 7 heteroatoms. The van der Waals surface area contributed by atoms with Gasteiger partial charge in [-0.25, -0.2) is 0 Å². The van der Waals surface area contributed by atoms with Crippen LogP contribution in [0.2, 0.25) is 0 Å². The minimum absolute atomic E-state index is 0.0293. The third kappa shape index (κ3) is 4.91. The zero-order valence-corrected chi connectivity index (χ0v) is 13.2. The summed E-state index contributed by atoms with van der Waals surface area (Å²) in [6.07, 6.45) is 1.50. The fourth-order valence-corrected chi connectivity index (χ4v) is 2.35. The molecule has 1 aliphatic rings. The van der Waals surface area contributed by atoms with Crippen LogP contribution in [-0.4, -0.2) is 63.7 Å². The van der Waals surface area contributed by atoms with Crippen molar-refractivity contribution in [2.24, 2.45) is 16.8 Å². The van der Waals surface area contributed by atoms with Crippen molar-refractivity contribution in [1.29, 1.82) is 0 Å². The number of methoxy groups -OCH3 is 2. The number of hydrogen-bond donors (Lipinski definition) is 1. The first-order valence-electron chi connectivity index (χ1n) is 7.14. The highest BCUT2D eigenvalue weighted by atomic mass is 16.5. The lowest BCUT2D eigenvalue weighted by molar-refractivity contribution is -0.147. The van der Waals surface area contributed by atoms with Gasteiger partial charge in [0.05, 0.1) is 26.1 Å². The molecule has 0 spiro atoms. The van der Waals surface area contributed by atoms with Gasteiger partial charge in [0.15, 0.2) is 5.96 Å². The van der Waals surface area contributed by atoms with Gasteiger partial charge < -0.3 is 19.7 Å². The third-order valence-corrected chi connectivity index (χ3v) is 3.71. The smallest absolute Gasteiger partial charge is 0.310 e. The fourth-order valence-electron chi connectivity index (χ4n) is 2.35. The number of likely N-dealkylation sites (tertiary alicyclic amines) is 1. The number of carbonyl (C=O) groups excluding carboxylic acids is 2. The number of piperidine rings is 1. The molecular formula is C14H25N3O4. The number of aliphatic imine (C=N–C) groups is 1. The van der Waals surface area contributed by atoms with E-state index in [9.17, 15) is 9.59 Å². The Morgan fingerprint density at radius 2 is 1.90 bits per heavy atom. The molecule has 1 saturated heterocycles. The Balaban J connectivity index is 2.45. The monoisotopic (exact) mass is 299 g/mol. The van der Waals surface area contributed by atoms with E-state index in [0.717, 1.165) is 31.9 Å². The molecule has 0 aromatic rings. The lowest BCUT2D eigenvalue weighted by atomic mass is 9.97. The Morgan fingerprint density at radius 3 is 2.38 bits per heavy atom. The molecule has 7 nitrogen and oxygen atoms in total. The summed E-state index contributed by atoms with van der Waals surface area (Å²) in [5.74, 6) is 0.0889. The Morgan fingerprint density at radius 1 is 1.29 bits per heavy atom. The third-order valence-electron chi connectivity index (χ3n) is 3.71. The van der Waals surface area contributed by atoms with Crippen LogP contribution in [0.15, 0.2) is 4.99 Å². The summed E-state index contributed by atoms with van der Waals surface area (Å²) in [6, 6.07) is 0. The second-order valence-electron chi connectivity index (χ2n) is 5.14. The number of nitrogens with one attached hydrogen (secondary N) is 1. The maximum atomic E-state index is 11.5. The summed E-state index contributed by atoms with van der Waals surface area (Å²) >= 11 is 0. The molecule has 0 aromatic carbocycles. The van der Waals surface area contributed by atoms with E-state index in [1.165, 1.54) is 14.2 Å². The molecule has 0 radical (unpaired) electrons. The normalized spacial score (nSPS) is 18.1. The quantitative estimate of drug-likeness (QED) is 0.455. The Labute approximate surface area is 125 Å². The second-order valence-corrected chi connectivity index (χ2v) is 5.14. The Hall–Kier alpha value is -1.79. The van der Waals surface area contributed by atoms with Crippen molar-refractivity contribution in [2.45, 2.75) is 19.8 Å². The first kappa shape index (κ1) is 17.3. The Kier molecular flexibility index (Phi) is 6.98. The maximum absolute atomic E-state index is 11.5. The first-order chi connectivity index (χ1) is 10.0. The van der Waals surface area contributed by atoms with Crippen LogP contribution in [-0.2, 0) is 19.1 Å². The van der Waals surface area contributed by atoms with Gasteiger partial charge in [-0.2, -0.15) is 0 Å². The molecule has 1 aliphatic heterocycles. The summed E-state index contributed by atoms with van der Waals surface area (Å²) in [6.45, 7) is 3.75. The van der Waals surface area contributed by atoms with E-state index in [0.29, 0.717) is 6.54 Å². The highest BCUT2D eigenvalue weighted by molar-refractivity contribution is 5.81. The van der Waals surface area contributed by atoms with Crippen molar-refractivity contribution in [1.82, 2.24) is 10.2 Å². The minimum atomic E-state index is -0.248. The van der Waals surface area contributed by atoms with Crippen LogP contribution >= 0.6 is 0 Å². The number of nitrogens with zero attached hydrogens (tertiary/aromatic N) is 2. The number of esters is 2. The van der Waals surface area contributed by atoms with Gasteiger partial charge in [-0.15, -0.1) is 0 Å². The molecular weight excluding hydrogens is 274 g/mol. The van der Waals surface area contributed by atoms with Crippen LogP contribution in [0.25, 0.3) is 0 Å². The average Bonchev–Trinajstić information content (AvgIpc) is 2.54. The predicted molar refractivity (Wildman–Crippen MR) is 78.9 cm³/mol. The van der Waals surface area contributed by atoms with Crippen LogP contribution in [0.5, 0.6) is 0 Å². The van der Waals surface area contributed by atoms with Crippen LogP contribution in [0, 0.1) is 11.8 Å². The molecule has 0 saturated carbocycles. The lowest BCUT2D eigenvalue weighted by Crippen LogP contribution is -2.48. The summed E-state index contributed by atoms with van der Waals surface area (Å²) < 4.78 is 9.47. The summed E-state index contributed by atoms with van der Waals surface area (Å²) in [4.78, 5) is 29.2. The van der Waals surface area contributed by atoms with Gasteiger partial charge in [0.25, 0.3) is 0 Å². The van der Waals surface area contributed by atoms with Gasteiger partial charge in [-0.1, -0.05) is 6.92 Å². The van der Waals surface area contributed by atoms with Crippen molar-refractivity contribution in [3.63, 3.8) is 0 Å². The first-order valence-corrected chi connectivity index (χ1v) is 7.14. The maximum Gasteiger partial charge on any atom is 0.310 e. The molecule has 0 amide bonds. The molecule has 0 aromatic heterocycles. The van der Waals surface area contributed by atoms with Crippen molar-refractivity contribution < 1.29 is 19.1 Å². The number of ether oxygens (including phenoxy) is 2. The van der Waals surface area contributed by atoms with Crippen molar-refractivity contribution in [3.05, 3.63) is 0 Å². The van der Waals surface area contributed by atoms with Crippen LogP contribution in [0.3, 0.4) is 0 Å². The molecule has 1 atom stereocenters. The zero-order chi connectivity index (χ0) is 15.8. The summed E-state index contributed by atoms with van der Waals surface area (Å²) in [5.41, 5.74) is 0. The van der Waals surface area contributed by atoms with E-state index in [2.05, 4.69) is 15.2 Å². The molecule has 1 heterocycles. The second kappa shape index (κ2) is 8.49. The van der Waals surface area contributed by atoms with Crippen molar-refractivity contribution in [3.8, 4) is 0 Å². The molecule has 1 rings (SSSR count). The molecule has 1 N–H and O–H groups in total. The van der Waals surface area contributed by atoms with Gasteiger partial charge in [-0.3, -0.25) is 14.6 Å². The van der Waals surface area contributed by atoms with Gasteiger partial charge in [-0.05, 0) is 12.8 Å². The minimum Gasteiger partial charge on any atom is -0.469 e. The average molecular weight is 299 g/mol. The molecule has 120 valence electrons. The topological polar surface area (TPSA) is 80.2 Å². The highest BCUT2D eigenvalue weighted by Crippen LogP contribution is 2.18. The van der Waals surface area contributed by atoms with Crippen LogP contribution in [0.1, 0.15) is 19.8 Å². The zero-order valence-electron chi connectivity index (χ0n) is 13.2. The largest absolute Gasteiger partial charge is 0.469 e. The number of guanidine groups is 1. The standard InChI is InChI=1S/C14H25N3O4/c1-10(12(18)20-3)9-16-14(15-2)17-7-5-11(6-8-17)13(19)21-4/h10-11H,5-9H2,1-4H3,(H,15,16). The molecule has 21 heavy (non-hydrogen) atoms. The summed E-state index contributed by atoms with van der Waals surface area (Å²) in [7, 11) is 4.51. The summed E-state index contributed by atoms with van der Waals surface area (Å²) in [5, 5.41) is 3.17. The number of hydrogen-bond acceptors (Lipinski definition) is 5. The number of rotatable bonds is 4. The predicted octanol–water partition coefficient (Wildman–Crippen LogP) is 0.256. The van der Waals surface area contributed by atoms with E-state index in [1.54, 1.807) is 14.0 Å². The van der Waals surface area contributed by atoms with Crippen LogP contribution in [0.4, 0.5) is 0 Å². The van der Waals surface area contributed by atoms with Crippen LogP contribution < -0.4 is 5.32 Å². The van der Waals surface area contributed by atoms with Gasteiger partial charge in [0, 0.05) is 26.7 Å². The van der Waals surface area contributed by atoms with Gasteiger partial charge >= 0.3 is 11.9 Å². The SMILES string of the molecule is CN=C(NCC(C)C(=O)OC)N1CCC(C(=O)OC)CC1.